The summed E-state index contributed by atoms with van der Waals surface area (Å²) in [6.45, 7) is 13.1. The summed E-state index contributed by atoms with van der Waals surface area (Å²) in [5.41, 5.74) is 1.53. The first-order chi connectivity index (χ1) is 10.2. The molecule has 0 saturated heterocycles. The van der Waals surface area contributed by atoms with Crippen LogP contribution in [0.4, 0.5) is 0 Å². The molecule has 0 rings (SSSR count). The van der Waals surface area contributed by atoms with Crippen LogP contribution in [0.2, 0.25) is 0 Å². The molecule has 0 aromatic carbocycles. The van der Waals surface area contributed by atoms with Crippen LogP contribution in [0, 0.1) is 0 Å². The molecule has 0 atom stereocenters. The summed E-state index contributed by atoms with van der Waals surface area (Å²) in [7, 11) is -7.38. The molecule has 0 spiro atoms. The average Bonchev–Trinajstić information content (AvgIpc) is 2.39. The lowest BCUT2D eigenvalue weighted by atomic mass is 10.2. The molecule has 0 radical (unpaired) electrons. The highest BCUT2D eigenvalue weighted by atomic mass is 31.2. The molecule has 0 aliphatic carbocycles. The molecule has 0 heterocycles. The summed E-state index contributed by atoms with van der Waals surface area (Å²) in [5.74, 6) is 0. The molecule has 6 nitrogen and oxygen atoms in total. The van der Waals surface area contributed by atoms with Gasteiger partial charge in [0.25, 0.3) is 0 Å². The van der Waals surface area contributed by atoms with Gasteiger partial charge < -0.3 is 18.1 Å². The lowest BCUT2D eigenvalue weighted by Gasteiger charge is -2.32. The highest BCUT2D eigenvalue weighted by molar-refractivity contribution is 7.73. The monoisotopic (exact) mass is 356 g/mol. The van der Waals surface area contributed by atoms with E-state index < -0.39 is 20.6 Å². The lowest BCUT2D eigenvalue weighted by Crippen LogP contribution is -2.19. The van der Waals surface area contributed by atoms with Crippen LogP contribution < -0.4 is 0 Å². The molecule has 0 aliphatic heterocycles. The fourth-order valence-electron chi connectivity index (χ4n) is 1.98. The van der Waals surface area contributed by atoms with Gasteiger partial charge in [-0.2, -0.15) is 0 Å². The van der Waals surface area contributed by atoms with Crippen molar-refractivity contribution in [2.45, 2.75) is 53.9 Å². The second-order valence-corrected chi connectivity index (χ2v) is 9.44. The minimum Gasteiger partial charge on any atom is -0.308 e. The number of rotatable bonds is 11. The van der Waals surface area contributed by atoms with Crippen LogP contribution in [0.15, 0.2) is 11.1 Å². The fraction of sp³-hybridized carbons (Fsp3) is 0.857. The Morgan fingerprint density at radius 2 is 1.00 bits per heavy atom. The Hall–Kier alpha value is 0.0400. The zero-order valence-corrected chi connectivity index (χ0v) is 16.5. The first-order valence-electron chi connectivity index (χ1n) is 7.63. The van der Waals surface area contributed by atoms with E-state index in [2.05, 4.69) is 0 Å². The van der Waals surface area contributed by atoms with E-state index in [1.165, 1.54) is 0 Å². The van der Waals surface area contributed by atoms with Crippen molar-refractivity contribution in [2.75, 3.05) is 26.4 Å². The maximum Gasteiger partial charge on any atom is 0.349 e. The molecule has 0 aromatic heterocycles. The summed E-state index contributed by atoms with van der Waals surface area (Å²) in [6.07, 6.45) is 0. The van der Waals surface area contributed by atoms with E-state index in [9.17, 15) is 9.13 Å². The Morgan fingerprint density at radius 3 is 1.18 bits per heavy atom. The van der Waals surface area contributed by atoms with Crippen LogP contribution in [0.25, 0.3) is 0 Å². The van der Waals surface area contributed by atoms with E-state index in [0.717, 1.165) is 5.57 Å². The fourth-order valence-corrected chi connectivity index (χ4v) is 7.79. The summed E-state index contributed by atoms with van der Waals surface area (Å²) in [5, 5.41) is -1.05. The third-order valence-electron chi connectivity index (χ3n) is 3.01. The van der Waals surface area contributed by atoms with Crippen molar-refractivity contribution in [3.8, 4) is 0 Å². The van der Waals surface area contributed by atoms with E-state index >= 15 is 0 Å². The predicted octanol–water partition coefficient (Wildman–Crippen LogP) is 5.20. The van der Waals surface area contributed by atoms with E-state index in [1.807, 2.05) is 13.8 Å². The standard InChI is InChI=1S/C14H30O6P2/c1-8-17-21(15,18-9-2)14(13(7)12(5)6)22(16,19-10-3)20-11-4/h14H,8-11H2,1-7H3. The maximum atomic E-state index is 13.2. The molecule has 22 heavy (non-hydrogen) atoms. The molecular weight excluding hydrogens is 326 g/mol. The van der Waals surface area contributed by atoms with Crippen molar-refractivity contribution in [1.82, 2.24) is 0 Å². The van der Waals surface area contributed by atoms with Crippen LogP contribution in [-0.4, -0.2) is 31.8 Å². The molecule has 0 fully saturated rings. The molecule has 0 amide bonds. The zero-order valence-electron chi connectivity index (χ0n) is 14.7. The molecule has 132 valence electrons. The van der Waals surface area contributed by atoms with E-state index in [-0.39, 0.29) is 26.4 Å². The molecular formula is C14H30O6P2. The molecule has 0 N–H and O–H groups in total. The second kappa shape index (κ2) is 10.0. The summed E-state index contributed by atoms with van der Waals surface area (Å²) < 4.78 is 48.1. The zero-order chi connectivity index (χ0) is 17.4. The van der Waals surface area contributed by atoms with Gasteiger partial charge >= 0.3 is 15.2 Å². The van der Waals surface area contributed by atoms with E-state index in [0.29, 0.717) is 5.57 Å². The van der Waals surface area contributed by atoms with Gasteiger partial charge in [-0.3, -0.25) is 9.13 Å². The van der Waals surface area contributed by atoms with Crippen LogP contribution in [0.3, 0.4) is 0 Å². The Morgan fingerprint density at radius 1 is 0.727 bits per heavy atom. The lowest BCUT2D eigenvalue weighted by molar-refractivity contribution is 0.198. The second-order valence-electron chi connectivity index (χ2n) is 4.81. The third-order valence-corrected chi connectivity index (χ3v) is 9.15. The van der Waals surface area contributed by atoms with Gasteiger partial charge in [-0.05, 0) is 54.0 Å². The van der Waals surface area contributed by atoms with Gasteiger partial charge in [0.15, 0.2) is 5.40 Å². The number of hydrogen-bond donors (Lipinski definition) is 0. The minimum absolute atomic E-state index is 0.183. The van der Waals surface area contributed by atoms with E-state index in [1.54, 1.807) is 34.6 Å². The molecule has 0 aromatic rings. The molecule has 0 saturated carbocycles. The summed E-state index contributed by atoms with van der Waals surface area (Å²) in [6, 6.07) is 0. The van der Waals surface area contributed by atoms with Gasteiger partial charge in [0.1, 0.15) is 0 Å². The quantitative estimate of drug-likeness (QED) is 0.374. The average molecular weight is 356 g/mol. The first kappa shape index (κ1) is 22.0. The van der Waals surface area contributed by atoms with Crippen molar-refractivity contribution in [3.63, 3.8) is 0 Å². The van der Waals surface area contributed by atoms with Gasteiger partial charge in [0, 0.05) is 0 Å². The Bertz CT molecular complexity index is 406. The third kappa shape index (κ3) is 5.59. The Balaban J connectivity index is 6.17. The highest BCUT2D eigenvalue weighted by Crippen LogP contribution is 2.72. The van der Waals surface area contributed by atoms with E-state index in [4.69, 9.17) is 18.1 Å². The van der Waals surface area contributed by atoms with Crippen molar-refractivity contribution in [2.24, 2.45) is 0 Å². The molecule has 8 heteroatoms. The normalized spacial score (nSPS) is 12.7. The number of hydrogen-bond acceptors (Lipinski definition) is 6. The Kier molecular flexibility index (Phi) is 10.0. The van der Waals surface area contributed by atoms with Gasteiger partial charge in [0.05, 0.1) is 26.4 Å². The van der Waals surface area contributed by atoms with Crippen LogP contribution in [0.1, 0.15) is 48.5 Å². The van der Waals surface area contributed by atoms with Gasteiger partial charge in [0.2, 0.25) is 0 Å². The number of allylic oxidation sites excluding steroid dienone is 2. The van der Waals surface area contributed by atoms with Crippen molar-refractivity contribution in [1.29, 1.82) is 0 Å². The predicted molar refractivity (Wildman–Crippen MR) is 89.6 cm³/mol. The Labute approximate surface area is 134 Å². The largest absolute Gasteiger partial charge is 0.349 e. The van der Waals surface area contributed by atoms with Crippen molar-refractivity contribution < 1.29 is 27.2 Å². The van der Waals surface area contributed by atoms with Crippen LogP contribution >= 0.6 is 15.2 Å². The van der Waals surface area contributed by atoms with Crippen molar-refractivity contribution in [3.05, 3.63) is 11.1 Å². The van der Waals surface area contributed by atoms with Crippen LogP contribution in [0.5, 0.6) is 0 Å². The van der Waals surface area contributed by atoms with Gasteiger partial charge in [-0.1, -0.05) is 5.57 Å². The maximum absolute atomic E-state index is 13.2. The summed E-state index contributed by atoms with van der Waals surface area (Å²) >= 11 is 0. The molecule has 0 bridgehead atoms. The van der Waals surface area contributed by atoms with Gasteiger partial charge in [-0.15, -0.1) is 0 Å². The smallest absolute Gasteiger partial charge is 0.308 e. The SMILES string of the molecule is CCOP(=O)(OCC)C(C(C)=C(C)C)P(=O)(OCC)OCC. The minimum atomic E-state index is -3.69. The highest BCUT2D eigenvalue weighted by Gasteiger charge is 2.52. The van der Waals surface area contributed by atoms with Crippen molar-refractivity contribution >= 4 is 15.2 Å². The molecule has 0 aliphatic rings. The first-order valence-corrected chi connectivity index (χ1v) is 10.9. The van der Waals surface area contributed by atoms with Crippen LogP contribution in [-0.2, 0) is 27.2 Å². The van der Waals surface area contributed by atoms with Gasteiger partial charge in [-0.25, -0.2) is 0 Å². The topological polar surface area (TPSA) is 71.1 Å². The summed E-state index contributed by atoms with van der Waals surface area (Å²) in [4.78, 5) is 0. The molecule has 0 unspecified atom stereocenters.